The first-order valence-electron chi connectivity index (χ1n) is 12.8. The number of carbonyl (C=O) groups excluding carboxylic acids is 2. The largest absolute Gasteiger partial charge is 0.460 e. The normalized spacial score (nSPS) is 24.5. The first kappa shape index (κ1) is 28.8. The van der Waals surface area contributed by atoms with E-state index in [1.807, 2.05) is 58.0 Å². The van der Waals surface area contributed by atoms with Crippen LogP contribution >= 0.6 is 0 Å². The molecule has 2 saturated heterocycles. The zero-order valence-corrected chi connectivity index (χ0v) is 23.0. The molecule has 11 heteroatoms. The molecule has 0 spiro atoms. The first-order chi connectivity index (χ1) is 17.2. The van der Waals surface area contributed by atoms with Gasteiger partial charge in [0.2, 0.25) is 0 Å². The minimum absolute atomic E-state index is 0.0372. The van der Waals surface area contributed by atoms with E-state index >= 15 is 0 Å². The third-order valence-corrected chi connectivity index (χ3v) is 7.28. The smallest absolute Gasteiger partial charge is 0.457 e. The van der Waals surface area contributed by atoms with Gasteiger partial charge in [-0.3, -0.25) is 4.79 Å². The number of ether oxygens (including phenoxy) is 2. The van der Waals surface area contributed by atoms with Crippen molar-refractivity contribution in [1.29, 1.82) is 0 Å². The van der Waals surface area contributed by atoms with E-state index in [1.54, 1.807) is 20.8 Å². The van der Waals surface area contributed by atoms with Gasteiger partial charge in [0.15, 0.2) is 5.54 Å². The Morgan fingerprint density at radius 2 is 1.78 bits per heavy atom. The molecule has 0 radical (unpaired) electrons. The van der Waals surface area contributed by atoms with Crippen molar-refractivity contribution in [3.63, 3.8) is 0 Å². The van der Waals surface area contributed by atoms with Crippen LogP contribution in [-0.4, -0.2) is 59.5 Å². The summed E-state index contributed by atoms with van der Waals surface area (Å²) in [6.07, 6.45) is 1.18. The molecule has 2 aliphatic rings. The highest BCUT2D eigenvalue weighted by atomic mass is 16.7. The second-order valence-electron chi connectivity index (χ2n) is 11.9. The molecule has 2 aliphatic heterocycles. The summed E-state index contributed by atoms with van der Waals surface area (Å²) in [6, 6.07) is 9.27. The summed E-state index contributed by atoms with van der Waals surface area (Å²) >= 11 is 0. The van der Waals surface area contributed by atoms with Gasteiger partial charge < -0.3 is 23.7 Å². The number of likely N-dealkylation sites (tertiary alicyclic amines) is 1. The molecule has 37 heavy (non-hydrogen) atoms. The maximum atomic E-state index is 13.5. The number of carbonyl (C=O) groups is 2. The van der Waals surface area contributed by atoms with Gasteiger partial charge in [-0.15, -0.1) is 0 Å². The van der Waals surface area contributed by atoms with E-state index in [-0.39, 0.29) is 26.8 Å². The molecular weight excluding hydrogens is 475 g/mol. The Hall–Kier alpha value is -2.75. The van der Waals surface area contributed by atoms with Crippen molar-refractivity contribution in [3.8, 4) is 0 Å². The summed E-state index contributed by atoms with van der Waals surface area (Å²) < 4.78 is 23.4. The third-order valence-electron chi connectivity index (χ3n) is 7.28. The monoisotopic (exact) mass is 514 g/mol. The summed E-state index contributed by atoms with van der Waals surface area (Å²) in [5.41, 5.74) is 7.12. The highest BCUT2D eigenvalue weighted by Gasteiger charge is 2.55. The highest BCUT2D eigenvalue weighted by Crippen LogP contribution is 2.40. The van der Waals surface area contributed by atoms with Crippen molar-refractivity contribution in [1.82, 2.24) is 4.90 Å². The van der Waals surface area contributed by atoms with Gasteiger partial charge >= 0.3 is 19.2 Å². The van der Waals surface area contributed by atoms with E-state index in [0.717, 1.165) is 5.56 Å². The molecule has 0 N–H and O–H groups in total. The SMILES string of the molecule is CC(C)(C)OC(=O)N1CC(CCCB2OC(C)(C)C(C)(C)O2)C(N=[N+]=[N-])(C(=O)OCc2ccccc2)C1. The summed E-state index contributed by atoms with van der Waals surface area (Å²) in [5.74, 6) is -1.11. The van der Waals surface area contributed by atoms with Gasteiger partial charge in [-0.25, -0.2) is 4.79 Å². The molecule has 1 aromatic carbocycles. The van der Waals surface area contributed by atoms with Gasteiger partial charge in [-0.2, -0.15) is 0 Å². The van der Waals surface area contributed by atoms with Crippen molar-refractivity contribution >= 4 is 19.2 Å². The predicted octanol–water partition coefficient (Wildman–Crippen LogP) is 5.52. The quantitative estimate of drug-likeness (QED) is 0.148. The van der Waals surface area contributed by atoms with Crippen LogP contribution in [0, 0.1) is 5.92 Å². The molecule has 0 bridgehead atoms. The van der Waals surface area contributed by atoms with Gasteiger partial charge in [0, 0.05) is 23.9 Å². The fraction of sp³-hybridized carbons (Fsp3) is 0.692. The Labute approximate surface area is 219 Å². The highest BCUT2D eigenvalue weighted by molar-refractivity contribution is 6.45. The lowest BCUT2D eigenvalue weighted by molar-refractivity contribution is -0.152. The van der Waals surface area contributed by atoms with Crippen LogP contribution in [0.2, 0.25) is 6.32 Å². The molecule has 0 saturated carbocycles. The molecule has 0 aliphatic carbocycles. The lowest BCUT2D eigenvalue weighted by Gasteiger charge is -2.32. The fourth-order valence-electron chi connectivity index (χ4n) is 4.62. The molecule has 2 heterocycles. The Balaban J connectivity index is 1.77. The van der Waals surface area contributed by atoms with Gasteiger partial charge in [0.1, 0.15) is 12.2 Å². The van der Waals surface area contributed by atoms with Crippen molar-refractivity contribution in [2.45, 2.75) is 96.6 Å². The van der Waals surface area contributed by atoms with Crippen LogP contribution in [0.3, 0.4) is 0 Å². The average Bonchev–Trinajstić information content (AvgIpc) is 3.26. The standard InChI is InChI=1S/C26H39BN4O6/c1-23(2,3)35-22(33)31-16-20(14-11-15-27-36-24(4,5)25(6,7)37-27)26(18-31,29-30-28)21(32)34-17-19-12-9-8-10-13-19/h8-10,12-13,20H,11,14-18H2,1-7H3. The molecule has 202 valence electrons. The number of azide groups is 1. The number of rotatable bonds is 8. The molecule has 1 aromatic rings. The molecule has 2 atom stereocenters. The Morgan fingerprint density at radius 1 is 1.16 bits per heavy atom. The number of hydrogen-bond acceptors (Lipinski definition) is 7. The van der Waals surface area contributed by atoms with Crippen LogP contribution in [0.5, 0.6) is 0 Å². The maximum absolute atomic E-state index is 13.5. The lowest BCUT2D eigenvalue weighted by atomic mass is 9.78. The van der Waals surface area contributed by atoms with E-state index in [4.69, 9.17) is 18.8 Å². The number of esters is 1. The second-order valence-corrected chi connectivity index (χ2v) is 11.9. The Bertz CT molecular complexity index is 1010. The molecule has 10 nitrogen and oxygen atoms in total. The van der Waals surface area contributed by atoms with Crippen LogP contribution in [0.4, 0.5) is 4.79 Å². The van der Waals surface area contributed by atoms with Crippen LogP contribution in [0.25, 0.3) is 10.4 Å². The molecule has 2 fully saturated rings. The van der Waals surface area contributed by atoms with Crippen molar-refractivity contribution in [2.75, 3.05) is 13.1 Å². The first-order valence-corrected chi connectivity index (χ1v) is 12.8. The second kappa shape index (κ2) is 10.9. The zero-order valence-electron chi connectivity index (χ0n) is 23.0. The lowest BCUT2D eigenvalue weighted by Crippen LogP contribution is -2.46. The predicted molar refractivity (Wildman–Crippen MR) is 140 cm³/mol. The summed E-state index contributed by atoms with van der Waals surface area (Å²) in [6.45, 7) is 13.5. The van der Waals surface area contributed by atoms with E-state index < -0.39 is 40.3 Å². The van der Waals surface area contributed by atoms with Gasteiger partial charge in [0.05, 0.1) is 11.2 Å². The van der Waals surface area contributed by atoms with Crippen LogP contribution in [-0.2, 0) is 30.2 Å². The fourth-order valence-corrected chi connectivity index (χ4v) is 4.62. The Morgan fingerprint density at radius 3 is 2.35 bits per heavy atom. The Kier molecular flexibility index (Phi) is 8.52. The van der Waals surface area contributed by atoms with E-state index in [1.165, 1.54) is 4.90 Å². The summed E-state index contributed by atoms with van der Waals surface area (Å²) in [4.78, 5) is 30.8. The molecule has 3 rings (SSSR count). The molecular formula is C26H39BN4O6. The van der Waals surface area contributed by atoms with E-state index in [9.17, 15) is 15.1 Å². The maximum Gasteiger partial charge on any atom is 0.457 e. The van der Waals surface area contributed by atoms with Crippen molar-refractivity contribution < 1.29 is 28.4 Å². The number of hydrogen-bond donors (Lipinski definition) is 0. The minimum atomic E-state index is -1.56. The number of nitrogens with zero attached hydrogens (tertiary/aromatic N) is 4. The summed E-state index contributed by atoms with van der Waals surface area (Å²) in [7, 11) is -0.382. The van der Waals surface area contributed by atoms with Gasteiger partial charge in [-0.1, -0.05) is 41.9 Å². The topological polar surface area (TPSA) is 123 Å². The van der Waals surface area contributed by atoms with Crippen LogP contribution in [0.1, 0.15) is 66.9 Å². The molecule has 0 aromatic heterocycles. The summed E-state index contributed by atoms with van der Waals surface area (Å²) in [5, 5.41) is 3.97. The van der Waals surface area contributed by atoms with Crippen molar-refractivity contribution in [2.24, 2.45) is 11.0 Å². The van der Waals surface area contributed by atoms with Crippen LogP contribution < -0.4 is 0 Å². The zero-order chi connectivity index (χ0) is 27.5. The van der Waals surface area contributed by atoms with Crippen LogP contribution in [0.15, 0.2) is 35.4 Å². The molecule has 1 amide bonds. The van der Waals surface area contributed by atoms with Crippen molar-refractivity contribution in [3.05, 3.63) is 46.3 Å². The minimum Gasteiger partial charge on any atom is -0.460 e. The van der Waals surface area contributed by atoms with E-state index in [0.29, 0.717) is 19.2 Å². The molecule has 2 unspecified atom stereocenters. The number of amides is 1. The third kappa shape index (κ3) is 6.77. The van der Waals surface area contributed by atoms with Gasteiger partial charge in [-0.05, 0) is 72.3 Å². The average molecular weight is 514 g/mol. The van der Waals surface area contributed by atoms with E-state index in [2.05, 4.69) is 10.0 Å². The van der Waals surface area contributed by atoms with Gasteiger partial charge in [0.25, 0.3) is 0 Å². The number of benzene rings is 1.